The zero-order valence-corrected chi connectivity index (χ0v) is 20.0. The van der Waals surface area contributed by atoms with Gasteiger partial charge in [-0.3, -0.25) is 14.9 Å². The van der Waals surface area contributed by atoms with Crippen LogP contribution in [0.15, 0.2) is 12.1 Å². The van der Waals surface area contributed by atoms with Crippen molar-refractivity contribution >= 4 is 24.1 Å². The number of alkyl carbamates (subject to hydrolysis) is 1. The Labute approximate surface area is 198 Å². The third-order valence-electron chi connectivity index (χ3n) is 5.92. The maximum Gasteiger partial charge on any atom is 0.407 e. The van der Waals surface area contributed by atoms with E-state index in [1.165, 1.54) is 12.1 Å². The molecule has 3 rings (SSSR count). The number of carbonyl (C=O) groups excluding carboxylic acids is 3. The highest BCUT2D eigenvalue weighted by Gasteiger charge is 2.37. The highest BCUT2D eigenvalue weighted by molar-refractivity contribution is 5.91. The van der Waals surface area contributed by atoms with Crippen molar-refractivity contribution in [1.82, 2.24) is 10.6 Å². The third-order valence-corrected chi connectivity index (χ3v) is 5.92. The lowest BCUT2D eigenvalue weighted by atomic mass is 9.91. The molecule has 0 bridgehead atoms. The predicted molar refractivity (Wildman–Crippen MR) is 121 cm³/mol. The van der Waals surface area contributed by atoms with E-state index in [4.69, 9.17) is 9.47 Å². The van der Waals surface area contributed by atoms with Gasteiger partial charge in [0.1, 0.15) is 17.7 Å². The van der Waals surface area contributed by atoms with Crippen LogP contribution in [0.1, 0.15) is 64.9 Å². The van der Waals surface area contributed by atoms with E-state index in [1.54, 1.807) is 11.8 Å². The van der Waals surface area contributed by atoms with E-state index in [0.29, 0.717) is 38.0 Å². The minimum Gasteiger partial charge on any atom is -0.446 e. The highest BCUT2D eigenvalue weighted by atomic mass is 19.1. The Hall–Kier alpha value is -2.75. The Kier molecular flexibility index (Phi) is 8.12. The number of nitrogens with zero attached hydrogens (tertiary/aromatic N) is 1. The van der Waals surface area contributed by atoms with Gasteiger partial charge in [0.05, 0.1) is 23.7 Å². The lowest BCUT2D eigenvalue weighted by molar-refractivity contribution is -0.133. The number of ether oxygens (including phenoxy) is 2. The average molecular weight is 482 g/mol. The van der Waals surface area contributed by atoms with Crippen molar-refractivity contribution in [3.05, 3.63) is 29.3 Å². The van der Waals surface area contributed by atoms with Gasteiger partial charge in [0.15, 0.2) is 0 Å². The topological polar surface area (TPSA) is 97.0 Å². The quantitative estimate of drug-likeness (QED) is 0.525. The molecule has 2 fully saturated rings. The Balaban J connectivity index is 1.50. The van der Waals surface area contributed by atoms with Gasteiger partial charge in [0.2, 0.25) is 12.3 Å². The van der Waals surface area contributed by atoms with Gasteiger partial charge in [0.25, 0.3) is 0 Å². The van der Waals surface area contributed by atoms with E-state index in [2.05, 4.69) is 5.32 Å². The molecule has 1 atom stereocenters. The highest BCUT2D eigenvalue weighted by Crippen LogP contribution is 2.33. The molecule has 2 N–H and O–H groups in total. The molecule has 3 amide bonds. The summed E-state index contributed by atoms with van der Waals surface area (Å²) in [6, 6.07) is 2.15. The molecule has 1 heterocycles. The van der Waals surface area contributed by atoms with Crippen molar-refractivity contribution < 1.29 is 32.6 Å². The van der Waals surface area contributed by atoms with Crippen molar-refractivity contribution in [3.63, 3.8) is 0 Å². The van der Waals surface area contributed by atoms with E-state index in [-0.39, 0.29) is 42.2 Å². The van der Waals surface area contributed by atoms with Crippen LogP contribution in [-0.4, -0.2) is 55.4 Å². The monoisotopic (exact) mass is 481 g/mol. The second-order valence-corrected chi connectivity index (χ2v) is 9.89. The van der Waals surface area contributed by atoms with E-state index in [9.17, 15) is 23.2 Å². The first-order valence-electron chi connectivity index (χ1n) is 11.6. The van der Waals surface area contributed by atoms with Gasteiger partial charge < -0.3 is 19.7 Å². The molecular formula is C24H33F2N3O5. The minimum absolute atomic E-state index is 0.0891. The van der Waals surface area contributed by atoms with Crippen LogP contribution in [0.3, 0.4) is 0 Å². The first-order valence-corrected chi connectivity index (χ1v) is 11.6. The number of anilines is 1. The first kappa shape index (κ1) is 25.9. The summed E-state index contributed by atoms with van der Waals surface area (Å²) < 4.78 is 40.8. The number of imide groups is 1. The molecule has 1 aromatic carbocycles. The molecule has 34 heavy (non-hydrogen) atoms. The molecule has 1 aliphatic carbocycles. The zero-order valence-electron chi connectivity index (χ0n) is 20.0. The van der Waals surface area contributed by atoms with Crippen LogP contribution < -0.4 is 15.5 Å². The van der Waals surface area contributed by atoms with Gasteiger partial charge >= 0.3 is 6.09 Å². The minimum atomic E-state index is -1.09. The van der Waals surface area contributed by atoms with Crippen LogP contribution in [0.25, 0.3) is 0 Å². The summed E-state index contributed by atoms with van der Waals surface area (Å²) >= 11 is 0. The Morgan fingerprint density at radius 2 is 1.79 bits per heavy atom. The number of carbonyl (C=O) groups is 3. The molecule has 2 aliphatic rings. The standard InChI is InChI=1S/C24H33F2N3O5/c1-5-6-18(22(31)27-13-30)21-19(25)7-15(8-20(21)26)29-11-14(12-29)28-23(32)33-16-9-17(10-16)34-24(2,3)4/h7-8,13-14,16-18H,5-6,9-12H2,1-4H3,(H,28,32)(H,27,30,31). The molecule has 8 nitrogen and oxygen atoms in total. The number of halogens is 2. The van der Waals surface area contributed by atoms with E-state index in [0.717, 1.165) is 0 Å². The first-order chi connectivity index (χ1) is 16.0. The van der Waals surface area contributed by atoms with Crippen molar-refractivity contribution in [3.8, 4) is 0 Å². The summed E-state index contributed by atoms with van der Waals surface area (Å²) in [4.78, 5) is 36.5. The number of benzene rings is 1. The molecule has 0 aromatic heterocycles. The van der Waals surface area contributed by atoms with Gasteiger partial charge in [-0.05, 0) is 39.3 Å². The number of amides is 3. The van der Waals surface area contributed by atoms with Crippen molar-refractivity contribution in [1.29, 1.82) is 0 Å². The number of nitrogens with one attached hydrogen (secondary N) is 2. The maximum absolute atomic E-state index is 14.8. The second kappa shape index (κ2) is 10.7. The van der Waals surface area contributed by atoms with Crippen LogP contribution in [0, 0.1) is 11.6 Å². The number of rotatable bonds is 9. The maximum atomic E-state index is 14.8. The number of hydrogen-bond donors (Lipinski definition) is 2. The van der Waals surface area contributed by atoms with Gasteiger partial charge in [-0.15, -0.1) is 0 Å². The molecular weight excluding hydrogens is 448 g/mol. The second-order valence-electron chi connectivity index (χ2n) is 9.89. The molecule has 1 saturated carbocycles. The normalized spacial score (nSPS) is 21.2. The van der Waals surface area contributed by atoms with Gasteiger partial charge in [-0.25, -0.2) is 13.6 Å². The van der Waals surface area contributed by atoms with Gasteiger partial charge in [-0.2, -0.15) is 0 Å². The van der Waals surface area contributed by atoms with Crippen LogP contribution in [-0.2, 0) is 19.1 Å². The molecule has 0 spiro atoms. The van der Waals surface area contributed by atoms with E-state index in [1.807, 2.05) is 26.1 Å². The van der Waals surface area contributed by atoms with Crippen LogP contribution >= 0.6 is 0 Å². The molecule has 188 valence electrons. The van der Waals surface area contributed by atoms with E-state index >= 15 is 0 Å². The summed E-state index contributed by atoms with van der Waals surface area (Å²) in [5, 5.41) is 4.74. The molecule has 0 radical (unpaired) electrons. The fraction of sp³-hybridized carbons (Fsp3) is 0.625. The Morgan fingerprint density at radius 1 is 1.18 bits per heavy atom. The van der Waals surface area contributed by atoms with Crippen molar-refractivity contribution in [2.24, 2.45) is 0 Å². The van der Waals surface area contributed by atoms with Crippen molar-refractivity contribution in [2.45, 2.75) is 83.1 Å². The summed E-state index contributed by atoms with van der Waals surface area (Å²) in [5.41, 5.74) is -0.265. The summed E-state index contributed by atoms with van der Waals surface area (Å²) in [5.74, 6) is -3.52. The Morgan fingerprint density at radius 3 is 2.32 bits per heavy atom. The van der Waals surface area contributed by atoms with Crippen LogP contribution in [0.5, 0.6) is 0 Å². The Bertz CT molecular complexity index is 885. The zero-order chi connectivity index (χ0) is 25.0. The number of hydrogen-bond acceptors (Lipinski definition) is 6. The fourth-order valence-corrected chi connectivity index (χ4v) is 4.28. The smallest absolute Gasteiger partial charge is 0.407 e. The summed E-state index contributed by atoms with van der Waals surface area (Å²) in [6.45, 7) is 8.47. The van der Waals surface area contributed by atoms with Crippen molar-refractivity contribution in [2.75, 3.05) is 18.0 Å². The molecule has 1 saturated heterocycles. The lowest BCUT2D eigenvalue weighted by Crippen LogP contribution is -2.60. The van der Waals surface area contributed by atoms with Crippen LogP contribution in [0.2, 0.25) is 0 Å². The SMILES string of the molecule is CCCC(C(=O)NC=O)c1c(F)cc(N2CC(NC(=O)OC3CC(OC(C)(C)C)C3)C2)cc1F. The van der Waals surface area contributed by atoms with E-state index < -0.39 is 29.6 Å². The summed E-state index contributed by atoms with van der Waals surface area (Å²) in [6.07, 6.45) is 1.65. The van der Waals surface area contributed by atoms with Gasteiger partial charge in [-0.1, -0.05) is 13.3 Å². The lowest BCUT2D eigenvalue weighted by Gasteiger charge is -2.42. The fourth-order valence-electron chi connectivity index (χ4n) is 4.28. The third kappa shape index (κ3) is 6.43. The summed E-state index contributed by atoms with van der Waals surface area (Å²) in [7, 11) is 0. The predicted octanol–water partition coefficient (Wildman–Crippen LogP) is 3.38. The molecule has 1 aromatic rings. The molecule has 10 heteroatoms. The molecule has 1 unspecified atom stereocenters. The van der Waals surface area contributed by atoms with Crippen LogP contribution in [0.4, 0.5) is 19.3 Å². The molecule has 1 aliphatic heterocycles. The average Bonchev–Trinajstić information content (AvgIpc) is 2.66. The largest absolute Gasteiger partial charge is 0.446 e. The van der Waals surface area contributed by atoms with Gasteiger partial charge in [0, 0.05) is 37.2 Å².